The van der Waals surface area contributed by atoms with Crippen LogP contribution in [-0.2, 0) is 52.5 Å². The van der Waals surface area contributed by atoms with Crippen molar-refractivity contribution in [2.24, 2.45) is 11.5 Å². The molecule has 7 N–H and O–H groups in total. The van der Waals surface area contributed by atoms with Crippen LogP contribution in [0.15, 0.2) is 0 Å². The van der Waals surface area contributed by atoms with Crippen LogP contribution in [0.5, 0.6) is 0 Å². The molecule has 350 valence electrons. The number of carboxylic acid groups (broad SMARTS) is 1. The number of hydrogen-bond acceptors (Lipinski definition) is 12. The molecule has 0 aromatic rings. The van der Waals surface area contributed by atoms with Gasteiger partial charge in [-0.2, -0.15) is 0 Å². The Morgan fingerprint density at radius 3 is 1.45 bits per heavy atom. The minimum Gasteiger partial charge on any atom is -0.480 e. The van der Waals surface area contributed by atoms with E-state index in [1.807, 2.05) is 20.8 Å². The zero-order valence-corrected chi connectivity index (χ0v) is 38.0. The van der Waals surface area contributed by atoms with Crippen molar-refractivity contribution in [2.45, 2.75) is 200 Å². The number of ether oxygens (including phenoxy) is 4. The normalized spacial score (nSPS) is 11.8. The van der Waals surface area contributed by atoms with Crippen molar-refractivity contribution in [1.29, 1.82) is 0 Å². The van der Waals surface area contributed by atoms with E-state index < -0.39 is 35.3 Å². The van der Waals surface area contributed by atoms with Gasteiger partial charge in [0.2, 0.25) is 17.6 Å². The van der Waals surface area contributed by atoms with Gasteiger partial charge in [-0.3, -0.25) is 33.6 Å². The summed E-state index contributed by atoms with van der Waals surface area (Å²) in [4.78, 5) is 79.4. The van der Waals surface area contributed by atoms with Gasteiger partial charge >= 0.3 is 17.9 Å². The first kappa shape index (κ1) is 58.5. The van der Waals surface area contributed by atoms with E-state index in [1.54, 1.807) is 20.8 Å². The Labute approximate surface area is 360 Å². The van der Waals surface area contributed by atoms with Crippen LogP contribution in [0.1, 0.15) is 183 Å². The Kier molecular flexibility index (Phi) is 36.2. The molecule has 0 saturated heterocycles. The lowest BCUT2D eigenvalue weighted by Gasteiger charge is -2.19. The number of esters is 2. The first-order valence-corrected chi connectivity index (χ1v) is 22.2. The minimum atomic E-state index is -1.04. The fraction of sp³-hybridized carbons (Fsp3) is 0.841. The van der Waals surface area contributed by atoms with E-state index in [2.05, 4.69) is 10.6 Å². The lowest BCUT2D eigenvalue weighted by molar-refractivity contribution is -0.156. The average Bonchev–Trinajstić information content (AvgIpc) is 3.13. The maximum atomic E-state index is 11.8. The Balaban J connectivity index is 0. The maximum absolute atomic E-state index is 11.8. The first-order chi connectivity index (χ1) is 28.2. The smallest absolute Gasteiger partial charge is 0.320 e. The second-order valence-electron chi connectivity index (χ2n) is 17.1. The fourth-order valence-corrected chi connectivity index (χ4v) is 5.59. The van der Waals surface area contributed by atoms with Crippen molar-refractivity contribution in [2.75, 3.05) is 39.5 Å². The number of carbonyl (C=O) groups excluding carboxylic acids is 6. The summed E-state index contributed by atoms with van der Waals surface area (Å²) in [6.45, 7) is 12.0. The predicted octanol–water partition coefficient (Wildman–Crippen LogP) is 5.97. The molecule has 1 atom stereocenters. The molecular weight excluding hydrogens is 776 g/mol. The highest BCUT2D eigenvalue weighted by Crippen LogP contribution is 2.15. The van der Waals surface area contributed by atoms with Gasteiger partial charge in [0.1, 0.15) is 23.9 Å². The van der Waals surface area contributed by atoms with Crippen LogP contribution in [0, 0.1) is 0 Å². The molecular formula is C44H82N4O12. The molecule has 0 saturated carbocycles. The highest BCUT2D eigenvalue weighted by Gasteiger charge is 2.18. The summed E-state index contributed by atoms with van der Waals surface area (Å²) >= 11 is 0. The summed E-state index contributed by atoms with van der Waals surface area (Å²) in [7, 11) is 0. The molecule has 16 heteroatoms. The van der Waals surface area contributed by atoms with Crippen molar-refractivity contribution >= 4 is 41.4 Å². The van der Waals surface area contributed by atoms with Gasteiger partial charge in [0.15, 0.2) is 0 Å². The highest BCUT2D eigenvalue weighted by molar-refractivity contribution is 6.36. The molecule has 0 spiro atoms. The van der Waals surface area contributed by atoms with Gasteiger partial charge in [0.05, 0.1) is 19.8 Å². The fourth-order valence-electron chi connectivity index (χ4n) is 5.59. The summed E-state index contributed by atoms with van der Waals surface area (Å²) < 4.78 is 20.9. The molecule has 1 unspecified atom stereocenters. The largest absolute Gasteiger partial charge is 0.480 e. The number of unbranched alkanes of at least 4 members (excludes halogenated alkanes) is 14. The summed E-state index contributed by atoms with van der Waals surface area (Å²) in [6.07, 6.45) is 20.1. The molecule has 0 aromatic heterocycles. The van der Waals surface area contributed by atoms with Gasteiger partial charge in [-0.15, -0.1) is 0 Å². The van der Waals surface area contributed by atoms with Crippen molar-refractivity contribution in [3.05, 3.63) is 0 Å². The Hall–Kier alpha value is -3.63. The second kappa shape index (κ2) is 37.2. The number of hydrogen-bond donors (Lipinski definition) is 5. The quantitative estimate of drug-likeness (QED) is 0.0277. The predicted molar refractivity (Wildman–Crippen MR) is 231 cm³/mol. The van der Waals surface area contributed by atoms with Gasteiger partial charge in [-0.1, -0.05) is 77.0 Å². The molecule has 0 aliphatic heterocycles. The van der Waals surface area contributed by atoms with Gasteiger partial charge in [0.25, 0.3) is 5.91 Å². The van der Waals surface area contributed by atoms with Gasteiger partial charge < -0.3 is 46.2 Å². The van der Waals surface area contributed by atoms with Crippen molar-refractivity contribution in [3.8, 4) is 0 Å². The molecule has 3 amide bonds. The van der Waals surface area contributed by atoms with Crippen LogP contribution in [-0.4, -0.2) is 103 Å². The molecule has 0 fully saturated rings. The average molecular weight is 859 g/mol. The van der Waals surface area contributed by atoms with Crippen LogP contribution < -0.4 is 22.1 Å². The SMILES string of the molecule is CC(C)(C)OC(=O)CCCC(=O)C(=O)NCCOCCOCC(=O)NCCCCC(N)C(=O)O.CC(C)(C)OC(=O)CCCCCCCCCCCCCCCCC(N)=O. The summed E-state index contributed by atoms with van der Waals surface area (Å²) in [5.74, 6) is -3.32. The Morgan fingerprint density at radius 1 is 0.533 bits per heavy atom. The van der Waals surface area contributed by atoms with E-state index in [0.29, 0.717) is 38.6 Å². The van der Waals surface area contributed by atoms with Crippen LogP contribution in [0.2, 0.25) is 0 Å². The van der Waals surface area contributed by atoms with Crippen molar-refractivity contribution < 1.29 is 57.6 Å². The number of carboxylic acids is 1. The third-order valence-electron chi connectivity index (χ3n) is 8.65. The zero-order chi connectivity index (χ0) is 45.7. The number of carbonyl (C=O) groups is 7. The van der Waals surface area contributed by atoms with Crippen molar-refractivity contribution in [1.82, 2.24) is 10.6 Å². The monoisotopic (exact) mass is 859 g/mol. The molecule has 0 heterocycles. The second-order valence-corrected chi connectivity index (χ2v) is 17.1. The summed E-state index contributed by atoms with van der Waals surface area (Å²) in [6, 6.07) is -0.886. The van der Waals surface area contributed by atoms with Crippen LogP contribution in [0.25, 0.3) is 0 Å². The molecule has 0 radical (unpaired) electrons. The molecule has 0 aromatic carbocycles. The minimum absolute atomic E-state index is 0.0439. The number of ketones is 1. The number of nitrogens with one attached hydrogen (secondary N) is 2. The topological polar surface area (TPSA) is 253 Å². The zero-order valence-electron chi connectivity index (χ0n) is 38.0. The Morgan fingerprint density at radius 2 is 0.983 bits per heavy atom. The van der Waals surface area contributed by atoms with E-state index in [9.17, 15) is 33.6 Å². The first-order valence-electron chi connectivity index (χ1n) is 22.2. The van der Waals surface area contributed by atoms with E-state index in [-0.39, 0.29) is 75.6 Å². The third-order valence-corrected chi connectivity index (χ3v) is 8.65. The molecule has 16 nitrogen and oxygen atoms in total. The van der Waals surface area contributed by atoms with E-state index in [0.717, 1.165) is 25.7 Å². The Bertz CT molecular complexity index is 1200. The highest BCUT2D eigenvalue weighted by atomic mass is 16.6. The van der Waals surface area contributed by atoms with Gasteiger partial charge in [-0.25, -0.2) is 0 Å². The van der Waals surface area contributed by atoms with Gasteiger partial charge in [0, 0.05) is 38.8 Å². The number of primary amides is 1. The number of rotatable bonds is 36. The number of Topliss-reactive ketones (excluding diaryl/α,β-unsaturated/α-hetero) is 1. The van der Waals surface area contributed by atoms with E-state index >= 15 is 0 Å². The van der Waals surface area contributed by atoms with E-state index in [4.69, 9.17) is 35.5 Å². The number of nitrogens with two attached hydrogens (primary N) is 2. The maximum Gasteiger partial charge on any atom is 0.320 e. The molecule has 0 aliphatic carbocycles. The summed E-state index contributed by atoms with van der Waals surface area (Å²) in [5.41, 5.74) is 9.56. The lowest BCUT2D eigenvalue weighted by atomic mass is 10.0. The lowest BCUT2D eigenvalue weighted by Crippen LogP contribution is -2.33. The summed E-state index contributed by atoms with van der Waals surface area (Å²) in [5, 5.41) is 13.8. The number of aliphatic carboxylic acids is 1. The van der Waals surface area contributed by atoms with Crippen LogP contribution in [0.3, 0.4) is 0 Å². The standard InChI is InChI=1S/C22H39N3O9.C22H43NO3/c1-22(2,3)34-19(28)9-6-8-17(26)20(29)25-11-12-32-13-14-33-15-18(27)24-10-5-4-7-16(23)21(30)31;1-22(2,3)26-21(25)19-17-15-13-11-9-7-5-4-6-8-10-12-14-16-18-20(23)24/h16H,4-15,23H2,1-3H3,(H,24,27)(H,25,29)(H,30,31);4-19H2,1-3H3,(H2,23,24). The van der Waals surface area contributed by atoms with Crippen molar-refractivity contribution in [3.63, 3.8) is 0 Å². The molecule has 0 bridgehead atoms. The molecule has 0 aliphatic rings. The third kappa shape index (κ3) is 45.5. The molecule has 0 rings (SSSR count). The molecule has 60 heavy (non-hydrogen) atoms. The van der Waals surface area contributed by atoms with Crippen LogP contribution in [0.4, 0.5) is 0 Å². The van der Waals surface area contributed by atoms with E-state index in [1.165, 1.54) is 64.2 Å². The van der Waals surface area contributed by atoms with Gasteiger partial charge in [-0.05, 0) is 80.1 Å². The number of amides is 3. The van der Waals surface area contributed by atoms with Crippen LogP contribution >= 0.6 is 0 Å².